The number of hydrogen-bond donors (Lipinski definition) is 0. The van der Waals surface area contributed by atoms with Gasteiger partial charge in [0.15, 0.2) is 0 Å². The Hall–Kier alpha value is -0.860. The third kappa shape index (κ3) is 1.24. The van der Waals surface area contributed by atoms with Crippen LogP contribution in [0.4, 0.5) is 0 Å². The van der Waals surface area contributed by atoms with Gasteiger partial charge in [0.25, 0.3) is 0 Å². The molecule has 68 valence electrons. The second-order valence-electron chi connectivity index (χ2n) is 3.24. The van der Waals surface area contributed by atoms with Crippen molar-refractivity contribution in [3.05, 3.63) is 0 Å². The zero-order chi connectivity index (χ0) is 9.84. The van der Waals surface area contributed by atoms with Crippen molar-refractivity contribution in [1.29, 1.82) is 0 Å². The van der Waals surface area contributed by atoms with Crippen LogP contribution in [0, 0.1) is 11.8 Å². The highest BCUT2D eigenvalue weighted by Gasteiger charge is 2.44. The van der Waals surface area contributed by atoms with Crippen LogP contribution < -0.4 is 0 Å². The summed E-state index contributed by atoms with van der Waals surface area (Å²) in [6, 6.07) is 0. The van der Waals surface area contributed by atoms with Crippen LogP contribution in [0.25, 0.3) is 0 Å². The SMILES string of the molecule is O=C1OC(=O)C2CCCCC12.[2H]C. The normalized spacial score (nSPS) is 34.2. The summed E-state index contributed by atoms with van der Waals surface area (Å²) in [5.41, 5.74) is 0. The van der Waals surface area contributed by atoms with Crippen molar-refractivity contribution in [1.82, 2.24) is 0 Å². The van der Waals surface area contributed by atoms with E-state index in [1.165, 1.54) is 7.40 Å². The minimum absolute atomic E-state index is 0.101. The molecule has 2 rings (SSSR count). The third-order valence-electron chi connectivity index (χ3n) is 2.57. The summed E-state index contributed by atoms with van der Waals surface area (Å²) >= 11 is 0. The van der Waals surface area contributed by atoms with E-state index in [4.69, 9.17) is 1.37 Å². The smallest absolute Gasteiger partial charge is 0.317 e. The summed E-state index contributed by atoms with van der Waals surface area (Å²) in [6.07, 6.45) is 3.80. The molecule has 0 amide bonds. The molecule has 1 saturated heterocycles. The molecule has 2 unspecified atom stereocenters. The van der Waals surface area contributed by atoms with E-state index >= 15 is 0 Å². The van der Waals surface area contributed by atoms with E-state index in [2.05, 4.69) is 4.74 Å². The number of ether oxygens (including phenoxy) is 1. The average Bonchev–Trinajstić information content (AvgIpc) is 2.47. The van der Waals surface area contributed by atoms with Gasteiger partial charge >= 0.3 is 11.9 Å². The number of cyclic esters (lactones) is 2. The maximum absolute atomic E-state index is 11.0. The lowest BCUT2D eigenvalue weighted by Gasteiger charge is -2.18. The van der Waals surface area contributed by atoms with E-state index in [0.29, 0.717) is 0 Å². The molecule has 3 nitrogen and oxygen atoms in total. The van der Waals surface area contributed by atoms with E-state index in [9.17, 15) is 9.59 Å². The molecular weight excluding hydrogens is 156 g/mol. The fourth-order valence-corrected chi connectivity index (χ4v) is 1.95. The molecule has 12 heavy (non-hydrogen) atoms. The van der Waals surface area contributed by atoms with E-state index in [1.807, 2.05) is 0 Å². The lowest BCUT2D eigenvalue weighted by Crippen LogP contribution is -2.21. The molecule has 0 bridgehead atoms. The highest BCUT2D eigenvalue weighted by atomic mass is 16.6. The Kier molecular flexibility index (Phi) is 2.11. The van der Waals surface area contributed by atoms with Crippen molar-refractivity contribution in [2.45, 2.75) is 33.1 Å². The molecule has 0 radical (unpaired) electrons. The Bertz CT molecular complexity index is 193. The molecule has 1 saturated carbocycles. The van der Waals surface area contributed by atoms with Gasteiger partial charge in [-0.1, -0.05) is 20.2 Å². The molecule has 3 heteroatoms. The predicted octanol–water partition coefficient (Wildman–Crippen LogP) is 1.51. The molecule has 1 aliphatic heterocycles. The van der Waals surface area contributed by atoms with E-state index in [1.54, 1.807) is 0 Å². The Morgan fingerprint density at radius 2 is 1.58 bits per heavy atom. The number of esters is 2. The molecule has 1 heterocycles. The van der Waals surface area contributed by atoms with Crippen molar-refractivity contribution in [2.75, 3.05) is 0 Å². The lowest BCUT2D eigenvalue weighted by molar-refractivity contribution is -0.153. The van der Waals surface area contributed by atoms with Gasteiger partial charge in [-0.05, 0) is 12.8 Å². The number of rotatable bonds is 0. The largest absolute Gasteiger partial charge is 0.393 e. The van der Waals surface area contributed by atoms with Gasteiger partial charge in [-0.3, -0.25) is 9.59 Å². The molecule has 0 N–H and O–H groups in total. The van der Waals surface area contributed by atoms with Gasteiger partial charge in [-0.2, -0.15) is 0 Å². The summed E-state index contributed by atoms with van der Waals surface area (Å²) < 4.78 is 10.3. The third-order valence-corrected chi connectivity index (χ3v) is 2.57. The first-order valence-electron chi connectivity index (χ1n) is 5.04. The van der Waals surface area contributed by atoms with Crippen LogP contribution in [-0.4, -0.2) is 11.9 Å². The maximum atomic E-state index is 11.0. The Labute approximate surface area is 73.5 Å². The minimum Gasteiger partial charge on any atom is -0.393 e. The van der Waals surface area contributed by atoms with Gasteiger partial charge in [0.2, 0.25) is 0 Å². The topological polar surface area (TPSA) is 43.4 Å². The number of carbonyl (C=O) groups is 2. The Morgan fingerprint density at radius 1 is 1.17 bits per heavy atom. The first kappa shape index (κ1) is 7.77. The maximum Gasteiger partial charge on any atom is 0.317 e. The summed E-state index contributed by atoms with van der Waals surface area (Å²) in [5, 5.41) is 0. The van der Waals surface area contributed by atoms with Gasteiger partial charge < -0.3 is 4.74 Å². The second-order valence-corrected chi connectivity index (χ2v) is 3.24. The first-order chi connectivity index (χ1) is 6.29. The van der Waals surface area contributed by atoms with Crippen molar-refractivity contribution in [3.63, 3.8) is 0 Å². The van der Waals surface area contributed by atoms with Gasteiger partial charge in [0, 0.05) is 1.37 Å². The van der Waals surface area contributed by atoms with Crippen LogP contribution in [0.3, 0.4) is 0 Å². The van der Waals surface area contributed by atoms with Gasteiger partial charge in [-0.15, -0.1) is 0 Å². The van der Waals surface area contributed by atoms with Crippen LogP contribution in [0.2, 0.25) is 0 Å². The molecule has 2 fully saturated rings. The van der Waals surface area contributed by atoms with Crippen molar-refractivity contribution >= 4 is 11.9 Å². The summed E-state index contributed by atoms with van der Waals surface area (Å²) in [6.45, 7) is 0. The Balaban J connectivity index is 0.000000396. The Morgan fingerprint density at radius 3 is 2.00 bits per heavy atom. The van der Waals surface area contributed by atoms with Crippen molar-refractivity contribution in [3.8, 4) is 0 Å². The van der Waals surface area contributed by atoms with Crippen LogP contribution in [0.1, 0.15) is 34.5 Å². The number of hydrogen-bond acceptors (Lipinski definition) is 3. The average molecular weight is 171 g/mol. The van der Waals surface area contributed by atoms with E-state index < -0.39 is 0 Å². The van der Waals surface area contributed by atoms with Crippen LogP contribution in [0.5, 0.6) is 0 Å². The van der Waals surface area contributed by atoms with Gasteiger partial charge in [-0.25, -0.2) is 0 Å². The number of carbonyl (C=O) groups excluding carboxylic acids is 2. The predicted molar refractivity (Wildman–Crippen MR) is 43.3 cm³/mol. The number of fused-ring (bicyclic) bond motifs is 1. The molecule has 0 spiro atoms. The fourth-order valence-electron chi connectivity index (χ4n) is 1.95. The van der Waals surface area contributed by atoms with Crippen molar-refractivity contribution in [2.24, 2.45) is 11.8 Å². The van der Waals surface area contributed by atoms with Crippen molar-refractivity contribution < 1.29 is 15.7 Å². The molecular formula is C9H14O3. The zero-order valence-electron chi connectivity index (χ0n) is 8.21. The molecule has 0 aromatic rings. The molecule has 2 atom stereocenters. The fraction of sp³-hybridized carbons (Fsp3) is 0.778. The van der Waals surface area contributed by atoms with Crippen LogP contribution >= 0.6 is 0 Å². The second kappa shape index (κ2) is 3.25. The lowest BCUT2D eigenvalue weighted by atomic mass is 9.81. The van der Waals surface area contributed by atoms with Crippen LogP contribution in [0.15, 0.2) is 0 Å². The van der Waals surface area contributed by atoms with E-state index in [0.717, 1.165) is 25.7 Å². The summed E-state index contributed by atoms with van der Waals surface area (Å²) in [7, 11) is 1.25. The molecule has 2 aliphatic rings. The minimum atomic E-state index is -0.292. The molecule has 0 aromatic carbocycles. The zero-order valence-corrected chi connectivity index (χ0v) is 7.21. The molecule has 0 aromatic heterocycles. The monoisotopic (exact) mass is 171 g/mol. The first-order valence-corrected chi connectivity index (χ1v) is 4.04. The molecule has 1 aliphatic carbocycles. The highest BCUT2D eigenvalue weighted by Crippen LogP contribution is 2.36. The van der Waals surface area contributed by atoms with Gasteiger partial charge in [0.1, 0.15) is 0 Å². The van der Waals surface area contributed by atoms with Gasteiger partial charge in [0.05, 0.1) is 11.8 Å². The summed E-state index contributed by atoms with van der Waals surface area (Å²) in [4.78, 5) is 22.0. The summed E-state index contributed by atoms with van der Waals surface area (Å²) in [5.74, 6) is -0.785. The van der Waals surface area contributed by atoms with Crippen LogP contribution in [-0.2, 0) is 14.3 Å². The quantitative estimate of drug-likeness (QED) is 0.410. The highest BCUT2D eigenvalue weighted by molar-refractivity contribution is 5.96. The standard InChI is InChI=1S/C8H10O3.CH4/c9-7-5-3-1-2-4-6(5)8(10)11-7;/h5-6H,1-4H2;1H4/i;1D. The van der Waals surface area contributed by atoms with E-state index in [-0.39, 0.29) is 23.8 Å².